The van der Waals surface area contributed by atoms with Crippen LogP contribution in [0, 0.1) is 5.41 Å². The van der Waals surface area contributed by atoms with Gasteiger partial charge in [0.05, 0.1) is 12.6 Å². The van der Waals surface area contributed by atoms with Gasteiger partial charge in [0.2, 0.25) is 11.8 Å². The average Bonchev–Trinajstić information content (AvgIpc) is 2.62. The zero-order chi connectivity index (χ0) is 15.0. The molecule has 0 aromatic heterocycles. The highest BCUT2D eigenvalue weighted by molar-refractivity contribution is 5.92. The van der Waals surface area contributed by atoms with E-state index in [-0.39, 0.29) is 24.5 Å². The molecule has 6 heteroatoms. The predicted octanol–water partition coefficient (Wildman–Crippen LogP) is -0.133. The van der Waals surface area contributed by atoms with Gasteiger partial charge in [-0.3, -0.25) is 9.59 Å². The van der Waals surface area contributed by atoms with Gasteiger partial charge in [-0.2, -0.15) is 0 Å². The fourth-order valence-electron chi connectivity index (χ4n) is 3.06. The van der Waals surface area contributed by atoms with Gasteiger partial charge in [-0.1, -0.05) is 13.8 Å². The Labute approximate surface area is 120 Å². The molecule has 0 aromatic rings. The van der Waals surface area contributed by atoms with Crippen LogP contribution in [0.1, 0.15) is 33.6 Å². The van der Waals surface area contributed by atoms with Crippen LogP contribution in [0.15, 0.2) is 0 Å². The van der Waals surface area contributed by atoms with E-state index in [1.807, 2.05) is 20.8 Å². The summed E-state index contributed by atoms with van der Waals surface area (Å²) in [5, 5.41) is 2.77. The molecule has 2 aliphatic rings. The number of nitrogens with zero attached hydrogens (tertiary/aromatic N) is 1. The van der Waals surface area contributed by atoms with E-state index >= 15 is 0 Å². The van der Waals surface area contributed by atoms with Crippen LogP contribution in [0.3, 0.4) is 0 Å². The zero-order valence-corrected chi connectivity index (χ0v) is 12.6. The third-order valence-electron chi connectivity index (χ3n) is 4.76. The normalized spacial score (nSPS) is 33.1. The van der Waals surface area contributed by atoms with E-state index in [1.165, 1.54) is 0 Å². The molecule has 0 aromatic carbocycles. The Morgan fingerprint density at radius 3 is 2.85 bits per heavy atom. The van der Waals surface area contributed by atoms with Gasteiger partial charge in [-0.05, 0) is 13.3 Å². The highest BCUT2D eigenvalue weighted by Crippen LogP contribution is 2.50. The SMILES string of the molecule is CCOC1CC(N)(C(=O)N2CCCNC(=O)C2)C1(C)C. The van der Waals surface area contributed by atoms with Gasteiger partial charge >= 0.3 is 0 Å². The molecule has 114 valence electrons. The van der Waals surface area contributed by atoms with Crippen molar-refractivity contribution in [2.45, 2.75) is 45.3 Å². The molecule has 1 aliphatic carbocycles. The summed E-state index contributed by atoms with van der Waals surface area (Å²) in [6.45, 7) is 7.78. The van der Waals surface area contributed by atoms with Crippen molar-refractivity contribution in [2.24, 2.45) is 11.1 Å². The van der Waals surface area contributed by atoms with Crippen molar-refractivity contribution in [3.05, 3.63) is 0 Å². The van der Waals surface area contributed by atoms with Crippen molar-refractivity contribution in [3.8, 4) is 0 Å². The first-order valence-electron chi connectivity index (χ1n) is 7.29. The Morgan fingerprint density at radius 2 is 2.25 bits per heavy atom. The number of carbonyl (C=O) groups is 2. The zero-order valence-electron chi connectivity index (χ0n) is 12.6. The lowest BCUT2D eigenvalue weighted by atomic mass is 9.54. The molecule has 0 radical (unpaired) electrons. The molecule has 20 heavy (non-hydrogen) atoms. The van der Waals surface area contributed by atoms with Gasteiger partial charge in [0.15, 0.2) is 0 Å². The molecule has 2 atom stereocenters. The summed E-state index contributed by atoms with van der Waals surface area (Å²) in [5.41, 5.74) is 5.02. The molecular formula is C14H25N3O3. The first-order valence-corrected chi connectivity index (χ1v) is 7.29. The third kappa shape index (κ3) is 2.31. The lowest BCUT2D eigenvalue weighted by molar-refractivity contribution is -0.179. The average molecular weight is 283 g/mol. The number of hydrogen-bond donors (Lipinski definition) is 2. The van der Waals surface area contributed by atoms with Gasteiger partial charge in [0, 0.05) is 31.5 Å². The second-order valence-electron chi connectivity index (χ2n) is 6.27. The molecule has 1 heterocycles. The molecule has 0 spiro atoms. The van der Waals surface area contributed by atoms with Crippen LogP contribution >= 0.6 is 0 Å². The number of hydrogen-bond acceptors (Lipinski definition) is 4. The number of nitrogens with one attached hydrogen (secondary N) is 1. The standard InChI is InChI=1S/C14H25N3O3/c1-4-20-10-8-14(15,13(10,2)3)12(19)17-7-5-6-16-11(18)9-17/h10H,4-9,15H2,1-3H3,(H,16,18). The molecule has 1 aliphatic heterocycles. The Morgan fingerprint density at radius 1 is 1.55 bits per heavy atom. The first-order chi connectivity index (χ1) is 9.33. The van der Waals surface area contributed by atoms with Crippen LogP contribution in [-0.4, -0.2) is 54.6 Å². The van der Waals surface area contributed by atoms with Gasteiger partial charge in [-0.25, -0.2) is 0 Å². The molecule has 2 amide bonds. The second kappa shape index (κ2) is 5.33. The van der Waals surface area contributed by atoms with E-state index < -0.39 is 11.0 Å². The minimum atomic E-state index is -0.933. The second-order valence-corrected chi connectivity index (χ2v) is 6.27. The van der Waals surface area contributed by atoms with Gasteiger partial charge in [0.25, 0.3) is 0 Å². The van der Waals surface area contributed by atoms with Gasteiger partial charge < -0.3 is 20.7 Å². The molecule has 6 nitrogen and oxygen atoms in total. The summed E-state index contributed by atoms with van der Waals surface area (Å²) in [7, 11) is 0. The fourth-order valence-corrected chi connectivity index (χ4v) is 3.06. The molecule has 2 fully saturated rings. The maximum absolute atomic E-state index is 12.7. The van der Waals surface area contributed by atoms with Gasteiger partial charge in [0.1, 0.15) is 5.54 Å². The Kier molecular flexibility index (Phi) is 4.07. The monoisotopic (exact) mass is 283 g/mol. The minimum absolute atomic E-state index is 0.00209. The van der Waals surface area contributed by atoms with E-state index in [1.54, 1.807) is 4.90 Å². The van der Waals surface area contributed by atoms with E-state index in [4.69, 9.17) is 10.5 Å². The van der Waals surface area contributed by atoms with Gasteiger partial charge in [-0.15, -0.1) is 0 Å². The van der Waals surface area contributed by atoms with Crippen LogP contribution < -0.4 is 11.1 Å². The Balaban J connectivity index is 2.10. The summed E-state index contributed by atoms with van der Waals surface area (Å²) in [6.07, 6.45) is 1.29. The summed E-state index contributed by atoms with van der Waals surface area (Å²) < 4.78 is 5.64. The molecular weight excluding hydrogens is 258 g/mol. The third-order valence-corrected chi connectivity index (χ3v) is 4.76. The van der Waals surface area contributed by atoms with E-state index in [9.17, 15) is 9.59 Å². The number of amides is 2. The maximum Gasteiger partial charge on any atom is 0.243 e. The van der Waals surface area contributed by atoms with E-state index in [0.717, 1.165) is 6.42 Å². The smallest absolute Gasteiger partial charge is 0.243 e. The van der Waals surface area contributed by atoms with E-state index in [0.29, 0.717) is 26.1 Å². The summed E-state index contributed by atoms with van der Waals surface area (Å²) in [5.74, 6) is -0.242. The Hall–Kier alpha value is -1.14. The number of ether oxygens (including phenoxy) is 1. The quantitative estimate of drug-likeness (QED) is 0.755. The van der Waals surface area contributed by atoms with Crippen molar-refractivity contribution in [1.82, 2.24) is 10.2 Å². The summed E-state index contributed by atoms with van der Waals surface area (Å²) >= 11 is 0. The summed E-state index contributed by atoms with van der Waals surface area (Å²) in [6, 6.07) is 0. The number of rotatable bonds is 3. The van der Waals surface area contributed by atoms with Crippen molar-refractivity contribution in [1.29, 1.82) is 0 Å². The molecule has 1 saturated carbocycles. The topological polar surface area (TPSA) is 84.7 Å². The van der Waals surface area contributed by atoms with E-state index in [2.05, 4.69) is 5.32 Å². The predicted molar refractivity (Wildman–Crippen MR) is 74.9 cm³/mol. The lowest BCUT2D eigenvalue weighted by Gasteiger charge is -2.58. The maximum atomic E-state index is 12.7. The largest absolute Gasteiger partial charge is 0.378 e. The van der Waals surface area contributed by atoms with Crippen LogP contribution in [0.2, 0.25) is 0 Å². The van der Waals surface area contributed by atoms with Crippen LogP contribution in [-0.2, 0) is 14.3 Å². The van der Waals surface area contributed by atoms with Crippen LogP contribution in [0.25, 0.3) is 0 Å². The molecule has 2 rings (SSSR count). The fraction of sp³-hybridized carbons (Fsp3) is 0.857. The Bertz CT molecular complexity index is 410. The minimum Gasteiger partial charge on any atom is -0.378 e. The lowest BCUT2D eigenvalue weighted by Crippen LogP contribution is -2.76. The molecule has 3 N–H and O–H groups in total. The van der Waals surface area contributed by atoms with Crippen molar-refractivity contribution in [3.63, 3.8) is 0 Å². The molecule has 0 bridgehead atoms. The first kappa shape index (κ1) is 15.3. The molecule has 1 saturated heterocycles. The van der Waals surface area contributed by atoms with Crippen molar-refractivity contribution in [2.75, 3.05) is 26.2 Å². The van der Waals surface area contributed by atoms with Crippen LogP contribution in [0.4, 0.5) is 0 Å². The van der Waals surface area contributed by atoms with Crippen molar-refractivity contribution >= 4 is 11.8 Å². The highest BCUT2D eigenvalue weighted by atomic mass is 16.5. The number of carbonyl (C=O) groups excluding carboxylic acids is 2. The number of nitrogens with two attached hydrogens (primary N) is 1. The highest BCUT2D eigenvalue weighted by Gasteiger charge is 2.63. The van der Waals surface area contributed by atoms with Crippen molar-refractivity contribution < 1.29 is 14.3 Å². The van der Waals surface area contributed by atoms with Crippen LogP contribution in [0.5, 0.6) is 0 Å². The summed E-state index contributed by atoms with van der Waals surface area (Å²) in [4.78, 5) is 25.9. The molecule has 2 unspecified atom stereocenters.